The molecule has 0 spiro atoms. The van der Waals surface area contributed by atoms with Crippen molar-refractivity contribution in [3.05, 3.63) is 110 Å². The average molecular weight is 886 g/mol. The third-order valence-corrected chi connectivity index (χ3v) is 13.2. The number of ether oxygens (including phenoxy) is 2. The van der Waals surface area contributed by atoms with Crippen LogP contribution < -0.4 is 5.56 Å². The Kier molecular flexibility index (Phi) is 11.3. The number of amides is 1. The minimum absolute atomic E-state index is 0.000722. The lowest BCUT2D eigenvalue weighted by Gasteiger charge is -2.36. The molecule has 65 heavy (non-hydrogen) atoms. The fourth-order valence-corrected chi connectivity index (χ4v) is 9.68. The van der Waals surface area contributed by atoms with Gasteiger partial charge < -0.3 is 39.4 Å². The monoisotopic (exact) mass is 885 g/mol. The number of esters is 2. The summed E-state index contributed by atoms with van der Waals surface area (Å²) in [5, 5.41) is 50.9. The Morgan fingerprint density at radius 1 is 0.954 bits per heavy atom. The molecule has 2 unspecified atom stereocenters. The normalized spacial score (nSPS) is 19.5. The van der Waals surface area contributed by atoms with Crippen LogP contribution in [-0.2, 0) is 55.6 Å². The van der Waals surface area contributed by atoms with Gasteiger partial charge in [-0.05, 0) is 77.9 Å². The summed E-state index contributed by atoms with van der Waals surface area (Å²) < 4.78 is 14.5. The largest absolute Gasteiger partial charge is 0.511 e. The number of benzene rings is 2. The van der Waals surface area contributed by atoms with Crippen molar-refractivity contribution >= 4 is 34.3 Å². The molecule has 4 N–H and O–H groups in total. The summed E-state index contributed by atoms with van der Waals surface area (Å²) in [6, 6.07) is 13.8. The van der Waals surface area contributed by atoms with Gasteiger partial charge in [-0.1, -0.05) is 44.9 Å². The second-order valence-electron chi connectivity index (χ2n) is 17.4. The molecule has 2 aromatic carbocycles. The van der Waals surface area contributed by atoms with E-state index in [0.29, 0.717) is 67.3 Å². The molecule has 4 aliphatic rings. The number of aliphatic hydroxyl groups excluding tert-OH is 2. The Morgan fingerprint density at radius 2 is 1.71 bits per heavy atom. The SMILES string of the molecule is CCc1c2c(nc3ccc(O)cc13)-c1cc3c(c(=O)n1C2)COC(=O)C3(CC)OC(=O)CCC(=O)N1CCN(Cc2ccc(-n3c(O)nnc3C3=C(O)CC(O)C(C(C)C)=C3)cc2)CC1. The Hall–Kier alpha value is -6.85. The van der Waals surface area contributed by atoms with Gasteiger partial charge in [0.1, 0.15) is 18.1 Å². The van der Waals surface area contributed by atoms with Crippen molar-refractivity contribution in [2.24, 2.45) is 5.92 Å². The first kappa shape index (κ1) is 43.4. The summed E-state index contributed by atoms with van der Waals surface area (Å²) >= 11 is 0. The Morgan fingerprint density at radius 3 is 2.42 bits per heavy atom. The van der Waals surface area contributed by atoms with E-state index in [2.05, 4.69) is 15.1 Å². The number of hydrogen-bond acceptors (Lipinski definition) is 14. The highest BCUT2D eigenvalue weighted by atomic mass is 16.6. The number of aliphatic hydroxyl groups is 2. The maximum absolute atomic E-state index is 14.1. The van der Waals surface area contributed by atoms with E-state index < -0.39 is 23.6 Å². The zero-order valence-corrected chi connectivity index (χ0v) is 36.7. The van der Waals surface area contributed by atoms with Crippen LogP contribution in [0.15, 0.2) is 70.7 Å². The summed E-state index contributed by atoms with van der Waals surface area (Å²) in [6.45, 7) is 10.3. The number of aryl methyl sites for hydroxylation is 1. The van der Waals surface area contributed by atoms with E-state index in [1.54, 1.807) is 46.7 Å². The fourth-order valence-electron chi connectivity index (χ4n) is 9.68. The molecule has 6 heterocycles. The molecular weight excluding hydrogens is 835 g/mol. The highest BCUT2D eigenvalue weighted by molar-refractivity contribution is 5.91. The third-order valence-electron chi connectivity index (χ3n) is 13.2. The van der Waals surface area contributed by atoms with E-state index in [4.69, 9.17) is 14.5 Å². The number of cyclic esters (lactones) is 1. The maximum Gasteiger partial charge on any atom is 0.355 e. The van der Waals surface area contributed by atoms with Crippen molar-refractivity contribution < 1.29 is 44.3 Å². The Bertz CT molecular complexity index is 2890. The first-order chi connectivity index (χ1) is 31.2. The topological polar surface area (TPSA) is 223 Å². The van der Waals surface area contributed by atoms with Crippen molar-refractivity contribution in [3.63, 3.8) is 0 Å². The van der Waals surface area contributed by atoms with Crippen molar-refractivity contribution in [3.8, 4) is 28.8 Å². The zero-order chi connectivity index (χ0) is 45.9. The molecule has 3 aliphatic heterocycles. The van der Waals surface area contributed by atoms with Crippen molar-refractivity contribution in [2.45, 2.75) is 91.2 Å². The van der Waals surface area contributed by atoms with Gasteiger partial charge in [-0.3, -0.25) is 19.3 Å². The number of allylic oxidation sites excluding steroid dienone is 2. The summed E-state index contributed by atoms with van der Waals surface area (Å²) in [4.78, 5) is 63.5. The molecule has 2 atom stereocenters. The number of piperazine rings is 1. The molecule has 9 rings (SSSR count). The van der Waals surface area contributed by atoms with E-state index in [1.165, 1.54) is 4.57 Å². The van der Waals surface area contributed by atoms with E-state index in [0.717, 1.165) is 27.6 Å². The number of pyridine rings is 2. The van der Waals surface area contributed by atoms with E-state index >= 15 is 0 Å². The molecule has 17 nitrogen and oxygen atoms in total. The van der Waals surface area contributed by atoms with Crippen LogP contribution in [0.1, 0.15) is 87.0 Å². The molecule has 1 aliphatic carbocycles. The van der Waals surface area contributed by atoms with Gasteiger partial charge in [0, 0.05) is 62.1 Å². The fraction of sp³-hybridized carbons (Fsp3) is 0.396. The standard InChI is InChI=1S/C48H51N7O10/c1-5-30-32-19-29(56)11-12-37(32)49-43-34(30)24-54-38(43)21-36-35(45(54)61)25-64-46(62)48(36,6-2)65-42(60)14-13-41(59)53-17-15-52(16-18-53)23-27-7-9-28(10-8-27)55-44(50-51-47(55)63)33-20-31(26(3)4)39(57)22-40(33)58/h7-12,19-21,26,39,56-58H,5-6,13-18,22-25H2,1-4H3,(H,51,63). The number of phenolic OH excluding ortho intramolecular Hbond substituents is 1. The first-order valence-corrected chi connectivity index (χ1v) is 22.1. The number of phenols is 1. The molecule has 5 aromatic rings. The van der Waals surface area contributed by atoms with Crippen LogP contribution in [0.2, 0.25) is 0 Å². The van der Waals surface area contributed by atoms with Gasteiger partial charge >= 0.3 is 17.9 Å². The minimum atomic E-state index is -1.89. The molecule has 1 fully saturated rings. The van der Waals surface area contributed by atoms with Gasteiger partial charge in [-0.15, -0.1) is 5.10 Å². The smallest absolute Gasteiger partial charge is 0.355 e. The van der Waals surface area contributed by atoms with E-state index in [9.17, 15) is 39.6 Å². The second kappa shape index (κ2) is 16.9. The third kappa shape index (κ3) is 7.61. The molecule has 0 radical (unpaired) electrons. The highest BCUT2D eigenvalue weighted by Gasteiger charge is 2.50. The second-order valence-corrected chi connectivity index (χ2v) is 17.4. The van der Waals surface area contributed by atoms with Gasteiger partial charge in [0.2, 0.25) is 11.5 Å². The summed E-state index contributed by atoms with van der Waals surface area (Å²) in [5.41, 5.74) is 4.50. The number of rotatable bonds is 11. The van der Waals surface area contributed by atoms with Crippen LogP contribution in [0.4, 0.5) is 0 Å². The van der Waals surface area contributed by atoms with Gasteiger partial charge in [0.15, 0.2) is 5.82 Å². The molecule has 0 bridgehead atoms. The summed E-state index contributed by atoms with van der Waals surface area (Å²) in [5.74, 6) is -1.40. The van der Waals surface area contributed by atoms with Crippen LogP contribution in [0.3, 0.4) is 0 Å². The molecular formula is C48H51N7O10. The first-order valence-electron chi connectivity index (χ1n) is 22.1. The number of hydrogen-bond donors (Lipinski definition) is 4. The quantitative estimate of drug-likeness (QED) is 0.127. The van der Waals surface area contributed by atoms with Gasteiger partial charge in [0.25, 0.3) is 5.56 Å². The van der Waals surface area contributed by atoms with Crippen molar-refractivity contribution in [2.75, 3.05) is 26.2 Å². The number of aromatic hydroxyl groups is 2. The number of aromatic nitrogens is 5. The number of nitrogens with zero attached hydrogens (tertiary/aromatic N) is 7. The molecule has 3 aromatic heterocycles. The average Bonchev–Trinajstić information content (AvgIpc) is 3.86. The van der Waals surface area contributed by atoms with Gasteiger partial charge in [-0.2, -0.15) is 0 Å². The Labute approximate surface area is 373 Å². The van der Waals surface area contributed by atoms with Crippen LogP contribution in [0.5, 0.6) is 11.8 Å². The minimum Gasteiger partial charge on any atom is -0.511 e. The lowest BCUT2D eigenvalue weighted by Crippen LogP contribution is -2.49. The molecule has 17 heteroatoms. The zero-order valence-electron chi connectivity index (χ0n) is 36.7. The van der Waals surface area contributed by atoms with Crippen LogP contribution >= 0.6 is 0 Å². The van der Waals surface area contributed by atoms with Crippen LogP contribution in [0.25, 0.3) is 33.6 Å². The maximum atomic E-state index is 14.1. The Balaban J connectivity index is 0.832. The van der Waals surface area contributed by atoms with E-state index in [-0.39, 0.29) is 90.7 Å². The molecule has 338 valence electrons. The number of carbonyl (C=O) groups excluding carboxylic acids is 3. The van der Waals surface area contributed by atoms with Crippen LogP contribution in [0, 0.1) is 5.92 Å². The molecule has 1 saturated heterocycles. The summed E-state index contributed by atoms with van der Waals surface area (Å²) in [6.07, 6.45) is 1.17. The van der Waals surface area contributed by atoms with Gasteiger partial charge in [0.05, 0.1) is 52.8 Å². The molecule has 0 saturated carbocycles. The number of fused-ring (bicyclic) bond motifs is 5. The summed E-state index contributed by atoms with van der Waals surface area (Å²) in [7, 11) is 0. The lowest BCUT2D eigenvalue weighted by molar-refractivity contribution is -0.189. The predicted octanol–water partition coefficient (Wildman–Crippen LogP) is 4.93. The molecule has 1 amide bonds. The highest BCUT2D eigenvalue weighted by Crippen LogP contribution is 2.43. The van der Waals surface area contributed by atoms with Gasteiger partial charge in [-0.25, -0.2) is 14.3 Å². The lowest BCUT2D eigenvalue weighted by atomic mass is 9.85. The van der Waals surface area contributed by atoms with E-state index in [1.807, 2.05) is 45.0 Å². The number of carbonyl (C=O) groups is 3. The predicted molar refractivity (Wildman–Crippen MR) is 237 cm³/mol. The van der Waals surface area contributed by atoms with Crippen molar-refractivity contribution in [1.82, 2.24) is 34.1 Å². The van der Waals surface area contributed by atoms with Crippen molar-refractivity contribution in [1.29, 1.82) is 0 Å². The van der Waals surface area contributed by atoms with Crippen LogP contribution in [-0.4, -0.2) is 105 Å².